The van der Waals surface area contributed by atoms with Gasteiger partial charge in [-0.05, 0) is 37.1 Å². The molecule has 0 saturated heterocycles. The summed E-state index contributed by atoms with van der Waals surface area (Å²) >= 11 is 0. The molecule has 0 atom stereocenters. The van der Waals surface area contributed by atoms with E-state index in [-0.39, 0.29) is 0 Å². The maximum atomic E-state index is 5.65. The molecular formula is C13H17N3O. The van der Waals surface area contributed by atoms with E-state index in [1.54, 1.807) is 17.1 Å². The number of rotatable bonds is 4. The van der Waals surface area contributed by atoms with Crippen molar-refractivity contribution in [2.24, 2.45) is 0 Å². The number of nitrogens with two attached hydrogens (primary N) is 1. The second-order valence-electron chi connectivity index (χ2n) is 4.13. The minimum atomic E-state index is 0.587. The minimum Gasteiger partial charge on any atom is -0.492 e. The number of benzene rings is 1. The quantitative estimate of drug-likeness (QED) is 0.877. The molecule has 0 radical (unpaired) electrons. The molecule has 17 heavy (non-hydrogen) atoms. The Morgan fingerprint density at radius 1 is 1.29 bits per heavy atom. The summed E-state index contributed by atoms with van der Waals surface area (Å²) in [5.74, 6) is 0.897. The number of anilines is 1. The summed E-state index contributed by atoms with van der Waals surface area (Å²) in [5, 5.41) is 4.09. The van der Waals surface area contributed by atoms with Crippen LogP contribution < -0.4 is 10.5 Å². The Balaban J connectivity index is 1.87. The lowest BCUT2D eigenvalue weighted by Crippen LogP contribution is -2.08. The molecule has 0 amide bonds. The lowest BCUT2D eigenvalue weighted by molar-refractivity contribution is 0.291. The van der Waals surface area contributed by atoms with Crippen molar-refractivity contribution in [1.82, 2.24) is 9.78 Å². The molecule has 4 heteroatoms. The average molecular weight is 231 g/mol. The van der Waals surface area contributed by atoms with Crippen LogP contribution in [-0.4, -0.2) is 16.4 Å². The molecule has 0 bridgehead atoms. The van der Waals surface area contributed by atoms with Gasteiger partial charge in [-0.15, -0.1) is 0 Å². The van der Waals surface area contributed by atoms with Gasteiger partial charge in [0.05, 0.1) is 18.4 Å². The zero-order valence-electron chi connectivity index (χ0n) is 10.2. The second kappa shape index (κ2) is 4.91. The zero-order chi connectivity index (χ0) is 12.3. The minimum absolute atomic E-state index is 0.587. The van der Waals surface area contributed by atoms with E-state index in [0.717, 1.165) is 5.75 Å². The summed E-state index contributed by atoms with van der Waals surface area (Å²) < 4.78 is 7.43. The fraction of sp³-hybridized carbons (Fsp3) is 0.308. The molecule has 0 fully saturated rings. The molecule has 0 aliphatic rings. The van der Waals surface area contributed by atoms with Gasteiger partial charge in [-0.1, -0.05) is 6.07 Å². The Labute approximate surface area is 101 Å². The topological polar surface area (TPSA) is 53.1 Å². The predicted octanol–water partition coefficient (Wildman–Crippen LogP) is 2.16. The number of ether oxygens (including phenoxy) is 1. The molecular weight excluding hydrogens is 214 g/mol. The van der Waals surface area contributed by atoms with Crippen molar-refractivity contribution in [2.75, 3.05) is 12.3 Å². The standard InChI is InChI=1S/C13H17N3O/c1-10-3-4-13(7-11(10)2)17-6-5-16-9-12(14)8-15-16/h3-4,7-9H,5-6,14H2,1-2H3. The van der Waals surface area contributed by atoms with Gasteiger partial charge in [0.1, 0.15) is 12.4 Å². The summed E-state index contributed by atoms with van der Waals surface area (Å²) in [6, 6.07) is 6.10. The molecule has 0 spiro atoms. The smallest absolute Gasteiger partial charge is 0.119 e. The number of hydrogen-bond donors (Lipinski definition) is 1. The lowest BCUT2D eigenvalue weighted by Gasteiger charge is -2.08. The van der Waals surface area contributed by atoms with Crippen molar-refractivity contribution in [3.8, 4) is 5.75 Å². The number of hydrogen-bond acceptors (Lipinski definition) is 3. The summed E-state index contributed by atoms with van der Waals surface area (Å²) in [6.45, 7) is 5.45. The molecule has 90 valence electrons. The van der Waals surface area contributed by atoms with E-state index in [1.165, 1.54) is 11.1 Å². The molecule has 2 aromatic rings. The lowest BCUT2D eigenvalue weighted by atomic mass is 10.1. The molecule has 1 aromatic heterocycles. The van der Waals surface area contributed by atoms with Gasteiger partial charge < -0.3 is 10.5 Å². The highest BCUT2D eigenvalue weighted by Crippen LogP contribution is 2.16. The van der Waals surface area contributed by atoms with Crippen molar-refractivity contribution in [3.05, 3.63) is 41.7 Å². The van der Waals surface area contributed by atoms with Crippen molar-refractivity contribution in [3.63, 3.8) is 0 Å². The zero-order valence-corrected chi connectivity index (χ0v) is 10.2. The van der Waals surface area contributed by atoms with Crippen LogP contribution in [-0.2, 0) is 6.54 Å². The highest BCUT2D eigenvalue weighted by atomic mass is 16.5. The van der Waals surface area contributed by atoms with Crippen molar-refractivity contribution >= 4 is 5.69 Å². The number of aromatic nitrogens is 2. The third-order valence-corrected chi connectivity index (χ3v) is 2.72. The molecule has 0 saturated carbocycles. The SMILES string of the molecule is Cc1ccc(OCCn2cc(N)cn2)cc1C. The Morgan fingerprint density at radius 3 is 2.76 bits per heavy atom. The fourth-order valence-electron chi connectivity index (χ4n) is 1.56. The van der Waals surface area contributed by atoms with E-state index in [1.807, 2.05) is 12.1 Å². The van der Waals surface area contributed by atoms with Crippen LogP contribution in [0.25, 0.3) is 0 Å². The van der Waals surface area contributed by atoms with E-state index >= 15 is 0 Å². The van der Waals surface area contributed by atoms with Gasteiger partial charge in [-0.3, -0.25) is 4.68 Å². The maximum Gasteiger partial charge on any atom is 0.119 e. The van der Waals surface area contributed by atoms with Gasteiger partial charge in [-0.2, -0.15) is 5.10 Å². The van der Waals surface area contributed by atoms with Crippen molar-refractivity contribution < 1.29 is 4.74 Å². The largest absolute Gasteiger partial charge is 0.492 e. The van der Waals surface area contributed by atoms with E-state index in [0.29, 0.717) is 18.8 Å². The Morgan fingerprint density at radius 2 is 2.12 bits per heavy atom. The molecule has 4 nitrogen and oxygen atoms in total. The summed E-state index contributed by atoms with van der Waals surface area (Å²) in [6.07, 6.45) is 3.43. The highest BCUT2D eigenvalue weighted by Gasteiger charge is 1.98. The van der Waals surface area contributed by atoms with Crippen LogP contribution in [0.15, 0.2) is 30.6 Å². The van der Waals surface area contributed by atoms with Crippen LogP contribution in [0, 0.1) is 13.8 Å². The van der Waals surface area contributed by atoms with E-state index in [4.69, 9.17) is 10.5 Å². The Hall–Kier alpha value is -1.97. The highest BCUT2D eigenvalue weighted by molar-refractivity contribution is 5.33. The molecule has 1 aromatic carbocycles. The number of aryl methyl sites for hydroxylation is 2. The maximum absolute atomic E-state index is 5.65. The normalized spacial score (nSPS) is 10.5. The average Bonchev–Trinajstić information content (AvgIpc) is 2.70. The van der Waals surface area contributed by atoms with Gasteiger partial charge in [0.2, 0.25) is 0 Å². The van der Waals surface area contributed by atoms with Gasteiger partial charge in [0, 0.05) is 6.20 Å². The first-order valence-corrected chi connectivity index (χ1v) is 5.63. The van der Waals surface area contributed by atoms with Crippen molar-refractivity contribution in [1.29, 1.82) is 0 Å². The third kappa shape index (κ3) is 3.00. The van der Waals surface area contributed by atoms with Crippen LogP contribution in [0.1, 0.15) is 11.1 Å². The number of nitrogen functional groups attached to an aromatic ring is 1. The number of nitrogens with zero attached hydrogens (tertiary/aromatic N) is 2. The molecule has 0 unspecified atom stereocenters. The predicted molar refractivity (Wildman–Crippen MR) is 68.1 cm³/mol. The molecule has 0 aliphatic carbocycles. The van der Waals surface area contributed by atoms with E-state index in [2.05, 4.69) is 25.0 Å². The summed E-state index contributed by atoms with van der Waals surface area (Å²) in [4.78, 5) is 0. The first kappa shape index (κ1) is 11.5. The van der Waals surface area contributed by atoms with Gasteiger partial charge >= 0.3 is 0 Å². The van der Waals surface area contributed by atoms with Crippen molar-refractivity contribution in [2.45, 2.75) is 20.4 Å². The van der Waals surface area contributed by atoms with Gasteiger partial charge in [0.25, 0.3) is 0 Å². The van der Waals surface area contributed by atoms with Gasteiger partial charge in [0.15, 0.2) is 0 Å². The Kier molecular flexibility index (Phi) is 3.32. The monoisotopic (exact) mass is 231 g/mol. The van der Waals surface area contributed by atoms with E-state index in [9.17, 15) is 0 Å². The first-order chi connectivity index (χ1) is 8.15. The van der Waals surface area contributed by atoms with Gasteiger partial charge in [-0.25, -0.2) is 0 Å². The molecule has 2 rings (SSSR count). The summed E-state index contributed by atoms with van der Waals surface area (Å²) in [5.41, 5.74) is 8.77. The molecule has 2 N–H and O–H groups in total. The first-order valence-electron chi connectivity index (χ1n) is 5.63. The van der Waals surface area contributed by atoms with Crippen LogP contribution >= 0.6 is 0 Å². The second-order valence-corrected chi connectivity index (χ2v) is 4.13. The van der Waals surface area contributed by atoms with Crippen LogP contribution in [0.3, 0.4) is 0 Å². The van der Waals surface area contributed by atoms with E-state index < -0.39 is 0 Å². The summed E-state index contributed by atoms with van der Waals surface area (Å²) in [7, 11) is 0. The molecule has 0 aliphatic heterocycles. The fourth-order valence-corrected chi connectivity index (χ4v) is 1.56. The molecule has 1 heterocycles. The van der Waals surface area contributed by atoms with Crippen LogP contribution in [0.4, 0.5) is 5.69 Å². The van der Waals surface area contributed by atoms with Crippen LogP contribution in [0.2, 0.25) is 0 Å². The Bertz CT molecular complexity index is 505. The van der Waals surface area contributed by atoms with Crippen LogP contribution in [0.5, 0.6) is 5.75 Å². The third-order valence-electron chi connectivity index (χ3n) is 2.72.